The molecule has 0 N–H and O–H groups in total. The predicted octanol–water partition coefficient (Wildman–Crippen LogP) is 1.32. The second-order valence-corrected chi connectivity index (χ2v) is 5.47. The number of hydrogen-bond donors (Lipinski definition) is 0. The molecule has 0 bridgehead atoms. The highest BCUT2D eigenvalue weighted by atomic mass is 15.3. The Morgan fingerprint density at radius 3 is 2.95 bits per heavy atom. The zero-order chi connectivity index (χ0) is 14.4. The second-order valence-electron chi connectivity index (χ2n) is 5.47. The van der Waals surface area contributed by atoms with Crippen LogP contribution in [0.4, 0.5) is 5.82 Å². The number of rotatable bonds is 2. The van der Waals surface area contributed by atoms with E-state index in [4.69, 9.17) is 0 Å². The van der Waals surface area contributed by atoms with Gasteiger partial charge in [0.15, 0.2) is 5.65 Å². The van der Waals surface area contributed by atoms with Gasteiger partial charge in [0.05, 0.1) is 17.6 Å². The van der Waals surface area contributed by atoms with Gasteiger partial charge in [-0.05, 0) is 19.4 Å². The standard InChI is InChI=1S/C14H17N7/c1-10-17-13-12(8-16-19(13)2)14(18-10)20-7-4-11(9-20)21-6-3-5-15-21/h3,5-6,8,11H,4,7,9H2,1-2H3. The molecule has 0 radical (unpaired) electrons. The van der Waals surface area contributed by atoms with Crippen molar-refractivity contribution in [1.29, 1.82) is 0 Å². The van der Waals surface area contributed by atoms with Crippen LogP contribution in [0.15, 0.2) is 24.7 Å². The molecule has 4 rings (SSSR count). The van der Waals surface area contributed by atoms with Crippen molar-refractivity contribution in [3.63, 3.8) is 0 Å². The summed E-state index contributed by atoms with van der Waals surface area (Å²) >= 11 is 0. The van der Waals surface area contributed by atoms with Gasteiger partial charge in [-0.3, -0.25) is 9.36 Å². The maximum atomic E-state index is 4.64. The third-order valence-electron chi connectivity index (χ3n) is 4.05. The van der Waals surface area contributed by atoms with E-state index in [1.54, 1.807) is 4.68 Å². The summed E-state index contributed by atoms with van der Waals surface area (Å²) in [5.74, 6) is 1.77. The molecule has 3 aromatic heterocycles. The van der Waals surface area contributed by atoms with E-state index in [2.05, 4.69) is 25.1 Å². The van der Waals surface area contributed by atoms with Crippen LogP contribution in [0.25, 0.3) is 11.0 Å². The molecule has 1 fully saturated rings. The minimum Gasteiger partial charge on any atom is -0.354 e. The lowest BCUT2D eigenvalue weighted by atomic mass is 10.3. The van der Waals surface area contributed by atoms with Crippen molar-refractivity contribution < 1.29 is 0 Å². The molecule has 0 spiro atoms. The topological polar surface area (TPSA) is 64.7 Å². The summed E-state index contributed by atoms with van der Waals surface area (Å²) in [6.45, 7) is 3.82. The lowest BCUT2D eigenvalue weighted by Gasteiger charge is -2.18. The van der Waals surface area contributed by atoms with Gasteiger partial charge in [0.2, 0.25) is 0 Å². The van der Waals surface area contributed by atoms with Gasteiger partial charge >= 0.3 is 0 Å². The van der Waals surface area contributed by atoms with Crippen LogP contribution in [0, 0.1) is 6.92 Å². The zero-order valence-corrected chi connectivity index (χ0v) is 12.1. The molecule has 7 heteroatoms. The van der Waals surface area contributed by atoms with Crippen LogP contribution in [0.2, 0.25) is 0 Å². The minimum absolute atomic E-state index is 0.405. The van der Waals surface area contributed by atoms with Gasteiger partial charge in [-0.2, -0.15) is 10.2 Å². The molecule has 1 unspecified atom stereocenters. The molecule has 3 aromatic rings. The molecule has 1 aliphatic rings. The molecule has 4 heterocycles. The summed E-state index contributed by atoms with van der Waals surface area (Å²) in [6, 6.07) is 2.37. The average Bonchev–Trinajstić information content (AvgIpc) is 3.18. The first-order valence-electron chi connectivity index (χ1n) is 7.13. The van der Waals surface area contributed by atoms with E-state index in [-0.39, 0.29) is 0 Å². The zero-order valence-electron chi connectivity index (χ0n) is 12.1. The molecular formula is C14H17N7. The van der Waals surface area contributed by atoms with E-state index >= 15 is 0 Å². The molecule has 0 saturated carbocycles. The Balaban J connectivity index is 1.71. The Labute approximate surface area is 122 Å². The first-order valence-corrected chi connectivity index (χ1v) is 7.13. The lowest BCUT2D eigenvalue weighted by Crippen LogP contribution is -2.22. The Morgan fingerprint density at radius 1 is 1.24 bits per heavy atom. The minimum atomic E-state index is 0.405. The van der Waals surface area contributed by atoms with E-state index < -0.39 is 0 Å². The first-order chi connectivity index (χ1) is 10.2. The fourth-order valence-corrected chi connectivity index (χ4v) is 3.00. The lowest BCUT2D eigenvalue weighted by molar-refractivity contribution is 0.494. The summed E-state index contributed by atoms with van der Waals surface area (Å²) in [6.07, 6.45) is 6.79. The monoisotopic (exact) mass is 283 g/mol. The van der Waals surface area contributed by atoms with Crippen LogP contribution in [0.5, 0.6) is 0 Å². The Kier molecular flexibility index (Phi) is 2.66. The molecule has 0 aliphatic carbocycles. The average molecular weight is 283 g/mol. The van der Waals surface area contributed by atoms with Crippen molar-refractivity contribution in [1.82, 2.24) is 29.5 Å². The second kappa shape index (κ2) is 4.54. The van der Waals surface area contributed by atoms with Crippen molar-refractivity contribution in [3.8, 4) is 0 Å². The summed E-state index contributed by atoms with van der Waals surface area (Å²) in [4.78, 5) is 11.4. The van der Waals surface area contributed by atoms with Crippen molar-refractivity contribution in [2.75, 3.05) is 18.0 Å². The van der Waals surface area contributed by atoms with Crippen molar-refractivity contribution in [2.24, 2.45) is 7.05 Å². The van der Waals surface area contributed by atoms with E-state index in [9.17, 15) is 0 Å². The van der Waals surface area contributed by atoms with Gasteiger partial charge in [0, 0.05) is 32.5 Å². The normalized spacial score (nSPS) is 18.8. The van der Waals surface area contributed by atoms with E-state index in [0.29, 0.717) is 6.04 Å². The number of anilines is 1. The van der Waals surface area contributed by atoms with Gasteiger partial charge in [-0.15, -0.1) is 0 Å². The molecule has 1 aliphatic heterocycles. The van der Waals surface area contributed by atoms with Crippen molar-refractivity contribution in [2.45, 2.75) is 19.4 Å². The van der Waals surface area contributed by atoms with Crippen LogP contribution in [-0.2, 0) is 7.05 Å². The summed E-state index contributed by atoms with van der Waals surface area (Å²) in [7, 11) is 1.91. The Bertz CT molecular complexity index is 774. The molecule has 0 amide bonds. The Hall–Kier alpha value is -2.44. The SMILES string of the molecule is Cc1nc(N2CCC(n3cccn3)C2)c2cnn(C)c2n1. The fraction of sp³-hybridized carbons (Fsp3) is 0.429. The number of aryl methyl sites for hydroxylation is 2. The number of nitrogens with zero attached hydrogens (tertiary/aromatic N) is 7. The van der Waals surface area contributed by atoms with Crippen LogP contribution in [0.3, 0.4) is 0 Å². The number of hydrogen-bond acceptors (Lipinski definition) is 5. The molecule has 108 valence electrons. The highest BCUT2D eigenvalue weighted by Gasteiger charge is 2.27. The highest BCUT2D eigenvalue weighted by Crippen LogP contribution is 2.29. The highest BCUT2D eigenvalue weighted by molar-refractivity contribution is 5.87. The van der Waals surface area contributed by atoms with Gasteiger partial charge in [-0.1, -0.05) is 0 Å². The van der Waals surface area contributed by atoms with Gasteiger partial charge in [0.1, 0.15) is 11.6 Å². The van der Waals surface area contributed by atoms with Crippen LogP contribution in [0.1, 0.15) is 18.3 Å². The third-order valence-corrected chi connectivity index (χ3v) is 4.05. The van der Waals surface area contributed by atoms with E-state index in [0.717, 1.165) is 42.2 Å². The van der Waals surface area contributed by atoms with E-state index in [1.807, 2.05) is 43.3 Å². The molecule has 1 saturated heterocycles. The van der Waals surface area contributed by atoms with Crippen molar-refractivity contribution in [3.05, 3.63) is 30.5 Å². The maximum absolute atomic E-state index is 4.64. The molecule has 0 aromatic carbocycles. The Morgan fingerprint density at radius 2 is 2.14 bits per heavy atom. The molecule has 7 nitrogen and oxygen atoms in total. The summed E-state index contributed by atoms with van der Waals surface area (Å²) in [5.41, 5.74) is 0.889. The summed E-state index contributed by atoms with van der Waals surface area (Å²) in [5, 5.41) is 9.68. The summed E-state index contributed by atoms with van der Waals surface area (Å²) < 4.78 is 3.84. The van der Waals surface area contributed by atoms with Crippen molar-refractivity contribution >= 4 is 16.9 Å². The van der Waals surface area contributed by atoms with Crippen LogP contribution < -0.4 is 4.90 Å². The maximum Gasteiger partial charge on any atom is 0.163 e. The predicted molar refractivity (Wildman–Crippen MR) is 79.1 cm³/mol. The number of fused-ring (bicyclic) bond motifs is 1. The fourth-order valence-electron chi connectivity index (χ4n) is 3.00. The first kappa shape index (κ1) is 12.3. The third kappa shape index (κ3) is 1.96. The quantitative estimate of drug-likeness (QED) is 0.709. The molecule has 21 heavy (non-hydrogen) atoms. The van der Waals surface area contributed by atoms with Gasteiger partial charge < -0.3 is 4.90 Å². The molecule has 1 atom stereocenters. The van der Waals surface area contributed by atoms with Gasteiger partial charge in [0.25, 0.3) is 0 Å². The molecular weight excluding hydrogens is 266 g/mol. The van der Waals surface area contributed by atoms with Crippen LogP contribution >= 0.6 is 0 Å². The largest absolute Gasteiger partial charge is 0.354 e. The van der Waals surface area contributed by atoms with E-state index in [1.165, 1.54) is 0 Å². The smallest absolute Gasteiger partial charge is 0.163 e. The number of aromatic nitrogens is 6. The van der Waals surface area contributed by atoms with Gasteiger partial charge in [-0.25, -0.2) is 9.97 Å². The van der Waals surface area contributed by atoms with Crippen LogP contribution in [-0.4, -0.2) is 42.6 Å².